The van der Waals surface area contributed by atoms with Crippen LogP contribution in [0.15, 0.2) is 64.6 Å². The van der Waals surface area contributed by atoms with Crippen molar-refractivity contribution in [1.82, 2.24) is 0 Å². The lowest BCUT2D eigenvalue weighted by Crippen LogP contribution is -2.14. The predicted molar refractivity (Wildman–Crippen MR) is 132 cm³/mol. The van der Waals surface area contributed by atoms with E-state index < -0.39 is 27.1 Å². The standard InChI is InChI=1S/C24H17BrN4O6/c1-14-4-3-5-20(15(14)2)27-24(30)17(13-26)10-16-6-8-22(19(25)11-16)35-23-9-7-18(28(31)32)12-21(23)29(33)34/h3-12H,1-2H3,(H,27,30)/b17-10+. The van der Waals surface area contributed by atoms with Crippen molar-refractivity contribution in [2.24, 2.45) is 0 Å². The molecule has 0 atom stereocenters. The molecule has 0 aromatic heterocycles. The maximum Gasteiger partial charge on any atom is 0.318 e. The second-order valence-electron chi connectivity index (χ2n) is 7.33. The van der Waals surface area contributed by atoms with Crippen LogP contribution in [0.5, 0.6) is 11.5 Å². The van der Waals surface area contributed by atoms with Gasteiger partial charge >= 0.3 is 5.69 Å². The van der Waals surface area contributed by atoms with Gasteiger partial charge in [-0.3, -0.25) is 25.0 Å². The SMILES string of the molecule is Cc1cccc(NC(=O)/C(C#N)=C/c2ccc(Oc3ccc([N+](=O)[O-])cc3[N+](=O)[O-])c(Br)c2)c1C. The summed E-state index contributed by atoms with van der Waals surface area (Å²) in [6.07, 6.45) is 1.39. The Bertz CT molecular complexity index is 1430. The smallest absolute Gasteiger partial charge is 0.318 e. The van der Waals surface area contributed by atoms with Crippen LogP contribution >= 0.6 is 15.9 Å². The number of rotatable bonds is 7. The van der Waals surface area contributed by atoms with Crippen LogP contribution in [0, 0.1) is 45.4 Å². The molecular weight excluding hydrogens is 520 g/mol. The summed E-state index contributed by atoms with van der Waals surface area (Å²) in [7, 11) is 0. The van der Waals surface area contributed by atoms with Crippen molar-refractivity contribution in [3.63, 3.8) is 0 Å². The Hall–Kier alpha value is -4.56. The van der Waals surface area contributed by atoms with Crippen molar-refractivity contribution in [3.8, 4) is 17.6 Å². The maximum absolute atomic E-state index is 12.6. The molecular formula is C24H17BrN4O6. The molecule has 0 saturated carbocycles. The van der Waals surface area contributed by atoms with Crippen LogP contribution < -0.4 is 10.1 Å². The largest absolute Gasteiger partial charge is 0.449 e. The van der Waals surface area contributed by atoms with E-state index in [-0.39, 0.29) is 17.1 Å². The summed E-state index contributed by atoms with van der Waals surface area (Å²) in [6.45, 7) is 3.78. The number of hydrogen-bond acceptors (Lipinski definition) is 7. The van der Waals surface area contributed by atoms with E-state index in [2.05, 4.69) is 21.2 Å². The Labute approximate surface area is 207 Å². The highest BCUT2D eigenvalue weighted by molar-refractivity contribution is 9.10. The maximum atomic E-state index is 12.6. The lowest BCUT2D eigenvalue weighted by Gasteiger charge is -2.10. The summed E-state index contributed by atoms with van der Waals surface area (Å²) in [5.41, 5.74) is 1.86. The molecule has 176 valence electrons. The van der Waals surface area contributed by atoms with Crippen LogP contribution in [-0.4, -0.2) is 15.8 Å². The van der Waals surface area contributed by atoms with Gasteiger partial charge in [0.2, 0.25) is 5.75 Å². The number of benzene rings is 3. The van der Waals surface area contributed by atoms with Crippen LogP contribution in [-0.2, 0) is 4.79 Å². The number of nitro benzene ring substituents is 2. The molecule has 0 aliphatic heterocycles. The van der Waals surface area contributed by atoms with Crippen molar-refractivity contribution in [2.75, 3.05) is 5.32 Å². The minimum absolute atomic E-state index is 0.127. The van der Waals surface area contributed by atoms with Gasteiger partial charge < -0.3 is 10.1 Å². The molecule has 35 heavy (non-hydrogen) atoms. The number of nitriles is 1. The highest BCUT2D eigenvalue weighted by Gasteiger charge is 2.22. The van der Waals surface area contributed by atoms with Gasteiger partial charge in [-0.1, -0.05) is 18.2 Å². The monoisotopic (exact) mass is 536 g/mol. The Morgan fingerprint density at radius 2 is 1.77 bits per heavy atom. The molecule has 0 bridgehead atoms. The molecule has 0 saturated heterocycles. The van der Waals surface area contributed by atoms with Gasteiger partial charge in [-0.05, 0) is 76.8 Å². The van der Waals surface area contributed by atoms with Crippen molar-refractivity contribution >= 4 is 45.0 Å². The number of aryl methyl sites for hydroxylation is 1. The van der Waals surface area contributed by atoms with E-state index in [1.807, 2.05) is 26.0 Å². The highest BCUT2D eigenvalue weighted by atomic mass is 79.9. The summed E-state index contributed by atoms with van der Waals surface area (Å²) < 4.78 is 5.98. The number of anilines is 1. The normalized spacial score (nSPS) is 10.9. The number of amides is 1. The summed E-state index contributed by atoms with van der Waals surface area (Å²) in [5, 5.41) is 34.5. The first-order chi connectivity index (χ1) is 16.6. The summed E-state index contributed by atoms with van der Waals surface area (Å²) >= 11 is 3.31. The average molecular weight is 537 g/mol. The lowest BCUT2D eigenvalue weighted by molar-refractivity contribution is -0.394. The minimum Gasteiger partial charge on any atom is -0.449 e. The molecule has 0 aliphatic carbocycles. The molecule has 0 heterocycles. The third-order valence-electron chi connectivity index (χ3n) is 5.05. The van der Waals surface area contributed by atoms with Gasteiger partial charge in [0.25, 0.3) is 11.6 Å². The van der Waals surface area contributed by atoms with E-state index in [4.69, 9.17) is 4.74 Å². The Kier molecular flexibility index (Phi) is 7.58. The quantitative estimate of drug-likeness (QED) is 0.163. The molecule has 0 fully saturated rings. The molecule has 0 radical (unpaired) electrons. The van der Waals surface area contributed by atoms with E-state index in [9.17, 15) is 30.3 Å². The predicted octanol–water partition coefficient (Wildman–Crippen LogP) is 6.22. The number of nitrogens with zero attached hydrogens (tertiary/aromatic N) is 3. The van der Waals surface area contributed by atoms with Crippen molar-refractivity contribution in [3.05, 3.63) is 102 Å². The fourth-order valence-electron chi connectivity index (χ4n) is 3.05. The lowest BCUT2D eigenvalue weighted by atomic mass is 10.1. The molecule has 3 rings (SSSR count). The number of halogens is 1. The molecule has 10 nitrogen and oxygen atoms in total. The average Bonchev–Trinajstić information content (AvgIpc) is 2.81. The summed E-state index contributed by atoms with van der Waals surface area (Å²) in [6, 6.07) is 15.0. The zero-order chi connectivity index (χ0) is 25.7. The minimum atomic E-state index is -0.777. The van der Waals surface area contributed by atoms with Crippen LogP contribution in [0.1, 0.15) is 16.7 Å². The number of non-ortho nitro benzene ring substituents is 1. The van der Waals surface area contributed by atoms with Crippen LogP contribution in [0.2, 0.25) is 0 Å². The van der Waals surface area contributed by atoms with Crippen LogP contribution in [0.3, 0.4) is 0 Å². The highest BCUT2D eigenvalue weighted by Crippen LogP contribution is 2.37. The van der Waals surface area contributed by atoms with E-state index in [1.54, 1.807) is 24.3 Å². The topological polar surface area (TPSA) is 148 Å². The first kappa shape index (κ1) is 25.1. The molecule has 1 amide bonds. The van der Waals surface area contributed by atoms with Crippen molar-refractivity contribution in [2.45, 2.75) is 13.8 Å². The molecule has 0 spiro atoms. The molecule has 3 aromatic carbocycles. The van der Waals surface area contributed by atoms with Crippen LogP contribution in [0.4, 0.5) is 17.1 Å². The molecule has 0 aliphatic rings. The second-order valence-corrected chi connectivity index (χ2v) is 8.18. The van der Waals surface area contributed by atoms with E-state index in [1.165, 1.54) is 12.1 Å². The van der Waals surface area contributed by atoms with Crippen LogP contribution in [0.25, 0.3) is 6.08 Å². The van der Waals surface area contributed by atoms with E-state index in [0.29, 0.717) is 15.7 Å². The zero-order valence-corrected chi connectivity index (χ0v) is 20.0. The number of ether oxygens (including phenoxy) is 1. The number of carbonyl (C=O) groups is 1. The summed E-state index contributed by atoms with van der Waals surface area (Å²) in [5.74, 6) is -0.563. The van der Waals surface area contributed by atoms with E-state index in [0.717, 1.165) is 29.3 Å². The van der Waals surface area contributed by atoms with Gasteiger partial charge in [0.05, 0.1) is 20.4 Å². The third kappa shape index (κ3) is 5.87. The molecule has 11 heteroatoms. The Morgan fingerprint density at radius 1 is 1.06 bits per heavy atom. The second kappa shape index (κ2) is 10.6. The molecule has 1 N–H and O–H groups in total. The fourth-order valence-corrected chi connectivity index (χ4v) is 3.53. The van der Waals surface area contributed by atoms with Gasteiger partial charge in [0.1, 0.15) is 17.4 Å². The van der Waals surface area contributed by atoms with Gasteiger partial charge in [0.15, 0.2) is 0 Å². The molecule has 3 aromatic rings. The number of nitro groups is 2. The number of carbonyl (C=O) groups excluding carboxylic acids is 1. The number of hydrogen-bond donors (Lipinski definition) is 1. The Balaban J connectivity index is 1.85. The van der Waals surface area contributed by atoms with E-state index >= 15 is 0 Å². The first-order valence-electron chi connectivity index (χ1n) is 10.00. The fraction of sp³-hybridized carbons (Fsp3) is 0.0833. The van der Waals surface area contributed by atoms with Crippen molar-refractivity contribution < 1.29 is 19.4 Å². The summed E-state index contributed by atoms with van der Waals surface area (Å²) in [4.78, 5) is 33.4. The van der Waals surface area contributed by atoms with Gasteiger partial charge in [-0.15, -0.1) is 0 Å². The van der Waals surface area contributed by atoms with Crippen molar-refractivity contribution in [1.29, 1.82) is 5.26 Å². The molecule has 0 unspecified atom stereocenters. The number of nitrogens with one attached hydrogen (secondary N) is 1. The Morgan fingerprint density at radius 3 is 2.40 bits per heavy atom. The zero-order valence-electron chi connectivity index (χ0n) is 18.4. The van der Waals surface area contributed by atoms with Gasteiger partial charge in [-0.2, -0.15) is 5.26 Å². The van der Waals surface area contributed by atoms with Gasteiger partial charge in [0, 0.05) is 11.8 Å². The third-order valence-corrected chi connectivity index (χ3v) is 5.67. The first-order valence-corrected chi connectivity index (χ1v) is 10.8. The van der Waals surface area contributed by atoms with Gasteiger partial charge in [-0.25, -0.2) is 0 Å².